The standard InChI is InChI=1S/C25H34N2O5S/c1-17-8-10-27(11-9-17)33(29,30)24-16-21(15-19(3)20(24)4)25(28)26-22-7-6-18(2)14-23(22)32-13-12-31-5/h6-7,14-17H,8-13H2,1-5H3,(H,26,28). The number of sulfonamides is 1. The summed E-state index contributed by atoms with van der Waals surface area (Å²) in [6.07, 6.45) is 1.69. The van der Waals surface area contributed by atoms with Crippen molar-refractivity contribution in [1.82, 2.24) is 4.31 Å². The number of carbonyl (C=O) groups excluding carboxylic acids is 1. The Morgan fingerprint density at radius 3 is 2.45 bits per heavy atom. The van der Waals surface area contributed by atoms with Gasteiger partial charge in [0, 0.05) is 25.8 Å². The summed E-state index contributed by atoms with van der Waals surface area (Å²) in [6, 6.07) is 8.72. The van der Waals surface area contributed by atoms with E-state index in [1.54, 1.807) is 26.2 Å². The molecule has 7 nitrogen and oxygen atoms in total. The molecule has 1 aliphatic heterocycles. The summed E-state index contributed by atoms with van der Waals surface area (Å²) in [4.78, 5) is 13.3. The maximum absolute atomic E-state index is 13.4. The van der Waals surface area contributed by atoms with Gasteiger partial charge in [0.15, 0.2) is 0 Å². The van der Waals surface area contributed by atoms with Crippen molar-refractivity contribution in [3.05, 3.63) is 52.6 Å². The number of hydrogen-bond acceptors (Lipinski definition) is 5. The molecule has 1 N–H and O–H groups in total. The van der Waals surface area contributed by atoms with Crippen LogP contribution >= 0.6 is 0 Å². The van der Waals surface area contributed by atoms with Gasteiger partial charge in [-0.2, -0.15) is 4.31 Å². The molecule has 0 radical (unpaired) electrons. The topological polar surface area (TPSA) is 84.9 Å². The third-order valence-electron chi connectivity index (χ3n) is 6.17. The van der Waals surface area contributed by atoms with Gasteiger partial charge in [0.05, 0.1) is 17.2 Å². The van der Waals surface area contributed by atoms with E-state index in [1.807, 2.05) is 26.0 Å². The van der Waals surface area contributed by atoms with Crippen molar-refractivity contribution in [2.45, 2.75) is 45.4 Å². The highest BCUT2D eigenvalue weighted by Crippen LogP contribution is 2.30. The second kappa shape index (κ2) is 10.7. The second-order valence-corrected chi connectivity index (χ2v) is 10.7. The highest BCUT2D eigenvalue weighted by molar-refractivity contribution is 7.89. The largest absolute Gasteiger partial charge is 0.489 e. The van der Waals surface area contributed by atoms with Gasteiger partial charge in [-0.05, 0) is 80.5 Å². The Morgan fingerprint density at radius 1 is 1.09 bits per heavy atom. The number of nitrogens with one attached hydrogen (secondary N) is 1. The third kappa shape index (κ3) is 5.93. The van der Waals surface area contributed by atoms with Crippen LogP contribution in [0.5, 0.6) is 5.75 Å². The molecule has 1 amide bonds. The van der Waals surface area contributed by atoms with Crippen molar-refractivity contribution >= 4 is 21.6 Å². The number of anilines is 1. The van der Waals surface area contributed by atoms with Crippen molar-refractivity contribution in [2.24, 2.45) is 5.92 Å². The van der Waals surface area contributed by atoms with Gasteiger partial charge >= 0.3 is 0 Å². The maximum atomic E-state index is 13.4. The molecule has 1 saturated heterocycles. The second-order valence-electron chi connectivity index (χ2n) is 8.80. The Hall–Kier alpha value is -2.42. The van der Waals surface area contributed by atoms with Gasteiger partial charge in [-0.1, -0.05) is 13.0 Å². The Bertz CT molecular complexity index is 1110. The van der Waals surface area contributed by atoms with Crippen molar-refractivity contribution in [3.63, 3.8) is 0 Å². The summed E-state index contributed by atoms with van der Waals surface area (Å²) in [5.74, 6) is 0.674. The van der Waals surface area contributed by atoms with Crippen LogP contribution in [0.4, 0.5) is 5.69 Å². The van der Waals surface area contributed by atoms with E-state index in [0.717, 1.165) is 24.0 Å². The van der Waals surface area contributed by atoms with Crippen LogP contribution in [0.2, 0.25) is 0 Å². The van der Waals surface area contributed by atoms with Crippen molar-refractivity contribution < 1.29 is 22.7 Å². The van der Waals surface area contributed by atoms with E-state index in [4.69, 9.17) is 9.47 Å². The van der Waals surface area contributed by atoms with Crippen LogP contribution in [0.15, 0.2) is 35.2 Å². The van der Waals surface area contributed by atoms with Gasteiger partial charge < -0.3 is 14.8 Å². The first-order chi connectivity index (χ1) is 15.6. The average molecular weight is 475 g/mol. The number of nitrogens with zero attached hydrogens (tertiary/aromatic N) is 1. The fraction of sp³-hybridized carbons (Fsp3) is 0.480. The van der Waals surface area contributed by atoms with Crippen molar-refractivity contribution in [1.29, 1.82) is 0 Å². The predicted octanol–water partition coefficient (Wildman–Crippen LogP) is 4.31. The molecule has 3 rings (SSSR count). The van der Waals surface area contributed by atoms with Gasteiger partial charge in [0.1, 0.15) is 12.4 Å². The number of methoxy groups -OCH3 is 1. The minimum atomic E-state index is -3.68. The van der Waals surface area contributed by atoms with E-state index in [-0.39, 0.29) is 10.8 Å². The predicted molar refractivity (Wildman–Crippen MR) is 130 cm³/mol. The summed E-state index contributed by atoms with van der Waals surface area (Å²) < 4.78 is 39.1. The number of carbonyl (C=O) groups is 1. The average Bonchev–Trinajstić information content (AvgIpc) is 2.77. The van der Waals surface area contributed by atoms with Gasteiger partial charge in [-0.3, -0.25) is 4.79 Å². The lowest BCUT2D eigenvalue weighted by atomic mass is 10.0. The first-order valence-corrected chi connectivity index (χ1v) is 12.7. The maximum Gasteiger partial charge on any atom is 0.255 e. The summed E-state index contributed by atoms with van der Waals surface area (Å²) in [5, 5.41) is 2.88. The van der Waals surface area contributed by atoms with E-state index in [9.17, 15) is 13.2 Å². The molecule has 0 bridgehead atoms. The van der Waals surface area contributed by atoms with Gasteiger partial charge in [0.2, 0.25) is 10.0 Å². The molecule has 180 valence electrons. The van der Waals surface area contributed by atoms with E-state index < -0.39 is 10.0 Å². The first kappa shape index (κ1) is 25.2. The zero-order valence-electron chi connectivity index (χ0n) is 20.1. The van der Waals surface area contributed by atoms with Crippen molar-refractivity contribution in [2.75, 3.05) is 38.7 Å². The van der Waals surface area contributed by atoms with Crippen LogP contribution in [0.25, 0.3) is 0 Å². The van der Waals surface area contributed by atoms with Crippen LogP contribution in [0.3, 0.4) is 0 Å². The van der Waals surface area contributed by atoms with Crippen LogP contribution in [0.1, 0.15) is 46.8 Å². The Kier molecular flexibility index (Phi) is 8.15. The zero-order chi connectivity index (χ0) is 24.2. The van der Waals surface area contributed by atoms with E-state index in [2.05, 4.69) is 12.2 Å². The molecule has 2 aromatic carbocycles. The quantitative estimate of drug-likeness (QED) is 0.577. The molecule has 0 saturated carbocycles. The first-order valence-electron chi connectivity index (χ1n) is 11.3. The highest BCUT2D eigenvalue weighted by atomic mass is 32.2. The van der Waals surface area contributed by atoms with Gasteiger partial charge in [-0.15, -0.1) is 0 Å². The molecule has 1 aliphatic rings. The fourth-order valence-corrected chi connectivity index (χ4v) is 5.67. The Morgan fingerprint density at radius 2 is 1.79 bits per heavy atom. The smallest absolute Gasteiger partial charge is 0.255 e. The van der Waals surface area contributed by atoms with E-state index in [0.29, 0.717) is 54.8 Å². The van der Waals surface area contributed by atoms with E-state index in [1.165, 1.54) is 10.4 Å². The van der Waals surface area contributed by atoms with Gasteiger partial charge in [0.25, 0.3) is 5.91 Å². The lowest BCUT2D eigenvalue weighted by molar-refractivity contribution is 0.102. The molecular formula is C25H34N2O5S. The molecule has 0 unspecified atom stereocenters. The van der Waals surface area contributed by atoms with E-state index >= 15 is 0 Å². The summed E-state index contributed by atoms with van der Waals surface area (Å²) in [5.41, 5.74) is 3.24. The summed E-state index contributed by atoms with van der Waals surface area (Å²) in [7, 11) is -2.09. The molecule has 0 atom stereocenters. The monoisotopic (exact) mass is 474 g/mol. The normalized spacial score (nSPS) is 15.4. The molecule has 0 aromatic heterocycles. The van der Waals surface area contributed by atoms with Crippen LogP contribution < -0.4 is 10.1 Å². The highest BCUT2D eigenvalue weighted by Gasteiger charge is 2.30. The molecule has 0 aliphatic carbocycles. The Balaban J connectivity index is 1.89. The van der Waals surface area contributed by atoms with Crippen LogP contribution in [-0.4, -0.2) is 52.0 Å². The number of hydrogen-bond donors (Lipinski definition) is 1. The zero-order valence-corrected chi connectivity index (χ0v) is 20.9. The number of aryl methyl sites for hydroxylation is 2. The van der Waals surface area contributed by atoms with Crippen LogP contribution in [-0.2, 0) is 14.8 Å². The number of benzene rings is 2. The molecule has 33 heavy (non-hydrogen) atoms. The number of amides is 1. The summed E-state index contributed by atoms with van der Waals surface area (Å²) >= 11 is 0. The lowest BCUT2D eigenvalue weighted by Gasteiger charge is -2.30. The fourth-order valence-electron chi connectivity index (χ4n) is 3.87. The lowest BCUT2D eigenvalue weighted by Crippen LogP contribution is -2.38. The van der Waals surface area contributed by atoms with Crippen LogP contribution in [0, 0.1) is 26.7 Å². The van der Waals surface area contributed by atoms with Gasteiger partial charge in [-0.25, -0.2) is 8.42 Å². The summed E-state index contributed by atoms with van der Waals surface area (Å²) in [6.45, 7) is 9.48. The minimum Gasteiger partial charge on any atom is -0.489 e. The molecule has 1 fully saturated rings. The number of rotatable bonds is 8. The molecule has 1 heterocycles. The SMILES string of the molecule is COCCOc1cc(C)ccc1NC(=O)c1cc(C)c(C)c(S(=O)(=O)N2CCC(C)CC2)c1. The van der Waals surface area contributed by atoms with Crippen molar-refractivity contribution in [3.8, 4) is 5.75 Å². The number of ether oxygens (including phenoxy) is 2. The molecular weight excluding hydrogens is 440 g/mol. The molecule has 2 aromatic rings. The molecule has 0 spiro atoms. The molecule has 8 heteroatoms. The number of piperidine rings is 1. The third-order valence-corrected chi connectivity index (χ3v) is 8.20. The Labute approximate surface area is 197 Å². The minimum absolute atomic E-state index is 0.197.